The average Bonchev–Trinajstić information content (AvgIpc) is 1.49. The summed E-state index contributed by atoms with van der Waals surface area (Å²) < 4.78 is 79.2. The third kappa shape index (κ3) is 7.58. The first-order chi connectivity index (χ1) is 5.10. The van der Waals surface area contributed by atoms with Crippen molar-refractivity contribution in [2.75, 3.05) is 13.1 Å². The van der Waals surface area contributed by atoms with Crippen LogP contribution in [-0.4, -0.2) is 30.6 Å². The standard InChI is InChI=1S/C4H4F7N/c5-3(6,7)1-12(11)2-4(8,9)10/h1-2H2. The molecule has 0 fully saturated rings. The smallest absolute Gasteiger partial charge is 0.170 e. The fourth-order valence-electron chi connectivity index (χ4n) is 0.445. The van der Waals surface area contributed by atoms with E-state index < -0.39 is 30.6 Å². The molecule has 12 heavy (non-hydrogen) atoms. The molecule has 0 atom stereocenters. The normalized spacial score (nSPS) is 14.0. The molecule has 0 saturated carbocycles. The van der Waals surface area contributed by atoms with E-state index in [0.29, 0.717) is 0 Å². The Morgan fingerprint density at radius 2 is 1.00 bits per heavy atom. The van der Waals surface area contributed by atoms with Gasteiger partial charge in [-0.2, -0.15) is 26.3 Å². The van der Waals surface area contributed by atoms with Gasteiger partial charge >= 0.3 is 12.4 Å². The molecule has 0 amide bonds. The van der Waals surface area contributed by atoms with Gasteiger partial charge in [0.25, 0.3) is 0 Å². The second-order valence-electron chi connectivity index (χ2n) is 2.01. The number of hydrogen-bond donors (Lipinski definition) is 0. The number of halogens is 7. The molecule has 0 unspecified atom stereocenters. The summed E-state index contributed by atoms with van der Waals surface area (Å²) in [6.45, 7) is -4.43. The zero-order valence-corrected chi connectivity index (χ0v) is 5.51. The van der Waals surface area contributed by atoms with Crippen molar-refractivity contribution in [3.8, 4) is 0 Å². The molecule has 0 spiro atoms. The fraction of sp³-hybridized carbons (Fsp3) is 1.00. The predicted octanol–water partition coefficient (Wildman–Crippen LogP) is 2.30. The number of nitrogens with zero attached hydrogens (tertiary/aromatic N) is 1. The fourth-order valence-corrected chi connectivity index (χ4v) is 0.445. The van der Waals surface area contributed by atoms with Crippen LogP contribution in [0.3, 0.4) is 0 Å². The van der Waals surface area contributed by atoms with Gasteiger partial charge in [-0.15, -0.1) is 9.60 Å². The third-order valence-electron chi connectivity index (χ3n) is 0.702. The van der Waals surface area contributed by atoms with Crippen molar-refractivity contribution < 1.29 is 30.8 Å². The molecule has 0 N–H and O–H groups in total. The van der Waals surface area contributed by atoms with E-state index in [-0.39, 0.29) is 0 Å². The van der Waals surface area contributed by atoms with Crippen LogP contribution in [-0.2, 0) is 0 Å². The average molecular weight is 199 g/mol. The first kappa shape index (κ1) is 11.5. The van der Waals surface area contributed by atoms with Crippen LogP contribution in [0.5, 0.6) is 0 Å². The minimum absolute atomic E-state index is 1.33. The maximum absolute atomic E-state index is 11.8. The SMILES string of the molecule is FN(CC(F)(F)F)CC(F)(F)F. The predicted molar refractivity (Wildman–Crippen MR) is 24.8 cm³/mol. The summed E-state index contributed by atoms with van der Waals surface area (Å²) in [4.78, 5) is 0. The van der Waals surface area contributed by atoms with Gasteiger partial charge in [0, 0.05) is 0 Å². The lowest BCUT2D eigenvalue weighted by Crippen LogP contribution is -2.35. The van der Waals surface area contributed by atoms with Crippen molar-refractivity contribution in [1.82, 2.24) is 5.12 Å². The molecular weight excluding hydrogens is 195 g/mol. The number of rotatable bonds is 2. The van der Waals surface area contributed by atoms with Gasteiger partial charge in [0.1, 0.15) is 13.1 Å². The quantitative estimate of drug-likeness (QED) is 0.487. The Kier molecular flexibility index (Phi) is 3.31. The third-order valence-corrected chi connectivity index (χ3v) is 0.702. The van der Waals surface area contributed by atoms with Gasteiger partial charge in [-0.3, -0.25) is 0 Å². The largest absolute Gasteiger partial charge is 0.403 e. The Hall–Kier alpha value is -0.530. The monoisotopic (exact) mass is 199 g/mol. The van der Waals surface area contributed by atoms with Gasteiger partial charge in [0.05, 0.1) is 0 Å². The number of hydrogen-bond acceptors (Lipinski definition) is 1. The Morgan fingerprint density at radius 1 is 0.750 bits per heavy atom. The van der Waals surface area contributed by atoms with Gasteiger partial charge in [-0.25, -0.2) is 0 Å². The lowest BCUT2D eigenvalue weighted by atomic mass is 10.5. The van der Waals surface area contributed by atoms with E-state index in [1.54, 1.807) is 0 Å². The minimum Gasteiger partial charge on any atom is -0.170 e. The van der Waals surface area contributed by atoms with Crippen LogP contribution in [0.15, 0.2) is 0 Å². The molecule has 0 heterocycles. The first-order valence-electron chi connectivity index (χ1n) is 2.64. The maximum Gasteiger partial charge on any atom is 0.403 e. The molecule has 0 aliphatic carbocycles. The van der Waals surface area contributed by atoms with E-state index in [4.69, 9.17) is 0 Å². The van der Waals surface area contributed by atoms with Crippen LogP contribution in [0.2, 0.25) is 0 Å². The van der Waals surface area contributed by atoms with E-state index >= 15 is 0 Å². The lowest BCUT2D eigenvalue weighted by Gasteiger charge is -2.15. The molecule has 0 aromatic heterocycles. The Bertz CT molecular complexity index is 119. The molecular formula is C4H4F7N. The number of alkyl halides is 6. The molecule has 0 saturated heterocycles. The molecule has 0 aliphatic heterocycles. The molecule has 0 bridgehead atoms. The van der Waals surface area contributed by atoms with E-state index in [0.717, 1.165) is 0 Å². The molecule has 0 aromatic carbocycles. The molecule has 8 heteroatoms. The van der Waals surface area contributed by atoms with E-state index in [9.17, 15) is 30.8 Å². The van der Waals surface area contributed by atoms with Crippen LogP contribution in [0, 0.1) is 0 Å². The Balaban J connectivity index is 3.83. The summed E-state index contributed by atoms with van der Waals surface area (Å²) in [5.74, 6) is 0. The highest BCUT2D eigenvalue weighted by Gasteiger charge is 2.37. The molecule has 74 valence electrons. The molecule has 0 aliphatic rings. The van der Waals surface area contributed by atoms with Crippen LogP contribution < -0.4 is 0 Å². The maximum atomic E-state index is 11.8. The lowest BCUT2D eigenvalue weighted by molar-refractivity contribution is -0.218. The summed E-state index contributed by atoms with van der Waals surface area (Å²) in [5, 5.41) is -1.33. The minimum atomic E-state index is -4.96. The van der Waals surface area contributed by atoms with Crippen molar-refractivity contribution in [3.05, 3.63) is 0 Å². The van der Waals surface area contributed by atoms with Crippen LogP contribution in [0.4, 0.5) is 30.8 Å². The van der Waals surface area contributed by atoms with Gasteiger partial charge in [0.2, 0.25) is 0 Å². The van der Waals surface area contributed by atoms with Gasteiger partial charge in [-0.05, 0) is 0 Å². The summed E-state index contributed by atoms with van der Waals surface area (Å²) in [7, 11) is 0. The van der Waals surface area contributed by atoms with Gasteiger partial charge in [0.15, 0.2) is 0 Å². The zero-order chi connectivity index (χ0) is 9.99. The van der Waals surface area contributed by atoms with Crippen molar-refractivity contribution in [2.24, 2.45) is 0 Å². The van der Waals surface area contributed by atoms with E-state index in [2.05, 4.69) is 0 Å². The second kappa shape index (κ2) is 3.46. The second-order valence-corrected chi connectivity index (χ2v) is 2.01. The molecule has 0 radical (unpaired) electrons. The van der Waals surface area contributed by atoms with Crippen molar-refractivity contribution in [1.29, 1.82) is 0 Å². The van der Waals surface area contributed by atoms with Crippen LogP contribution >= 0.6 is 0 Å². The van der Waals surface area contributed by atoms with Gasteiger partial charge in [-0.1, -0.05) is 0 Å². The summed E-state index contributed by atoms with van der Waals surface area (Å²) in [6.07, 6.45) is -9.92. The van der Waals surface area contributed by atoms with Crippen LogP contribution in [0.1, 0.15) is 0 Å². The van der Waals surface area contributed by atoms with Gasteiger partial charge < -0.3 is 0 Å². The summed E-state index contributed by atoms with van der Waals surface area (Å²) >= 11 is 0. The Morgan fingerprint density at radius 3 is 1.17 bits per heavy atom. The topological polar surface area (TPSA) is 3.24 Å². The summed E-state index contributed by atoms with van der Waals surface area (Å²) in [6, 6.07) is 0. The highest BCUT2D eigenvalue weighted by atomic mass is 19.4. The molecule has 1 nitrogen and oxygen atoms in total. The highest BCUT2D eigenvalue weighted by Crippen LogP contribution is 2.21. The summed E-state index contributed by atoms with van der Waals surface area (Å²) in [5.41, 5.74) is 0. The highest BCUT2D eigenvalue weighted by molar-refractivity contribution is 4.59. The van der Waals surface area contributed by atoms with E-state index in [1.807, 2.05) is 0 Å². The van der Waals surface area contributed by atoms with Crippen molar-refractivity contribution in [2.45, 2.75) is 12.4 Å². The zero-order valence-electron chi connectivity index (χ0n) is 5.51. The molecule has 0 rings (SSSR count). The molecule has 0 aromatic rings. The van der Waals surface area contributed by atoms with E-state index in [1.165, 1.54) is 0 Å². The van der Waals surface area contributed by atoms with Crippen molar-refractivity contribution in [3.63, 3.8) is 0 Å². The van der Waals surface area contributed by atoms with Crippen LogP contribution in [0.25, 0.3) is 0 Å². The van der Waals surface area contributed by atoms with Crippen molar-refractivity contribution >= 4 is 0 Å². The first-order valence-corrected chi connectivity index (χ1v) is 2.64. The Labute approximate surface area is 62.7 Å².